The summed E-state index contributed by atoms with van der Waals surface area (Å²) < 4.78 is 0. The number of aromatic amines is 1. The van der Waals surface area contributed by atoms with Crippen molar-refractivity contribution in [1.29, 1.82) is 0 Å². The van der Waals surface area contributed by atoms with Gasteiger partial charge in [0.25, 0.3) is 5.95 Å². The first-order chi connectivity index (χ1) is 8.65. The van der Waals surface area contributed by atoms with Crippen molar-refractivity contribution in [3.63, 3.8) is 0 Å². The van der Waals surface area contributed by atoms with Crippen LogP contribution in [0.15, 0.2) is 18.6 Å². The van der Waals surface area contributed by atoms with E-state index in [2.05, 4.69) is 35.6 Å². The fourth-order valence-electron chi connectivity index (χ4n) is 2.48. The van der Waals surface area contributed by atoms with E-state index in [9.17, 15) is 4.79 Å². The average Bonchev–Trinajstić information content (AvgIpc) is 2.94. The fraction of sp³-hybridized carbons (Fsp3) is 0.615. The summed E-state index contributed by atoms with van der Waals surface area (Å²) in [7, 11) is 0. The molecule has 1 aliphatic heterocycles. The van der Waals surface area contributed by atoms with Crippen LogP contribution in [0.1, 0.15) is 39.5 Å². The largest absolute Gasteiger partial charge is 0.274 e. The molecule has 98 valence electrons. The van der Waals surface area contributed by atoms with Crippen molar-refractivity contribution >= 4 is 11.9 Å². The van der Waals surface area contributed by atoms with E-state index in [1.54, 1.807) is 4.90 Å². The van der Waals surface area contributed by atoms with Crippen LogP contribution in [0, 0.1) is 11.8 Å². The van der Waals surface area contributed by atoms with Gasteiger partial charge in [-0.15, -0.1) is 5.10 Å². The number of anilines is 1. The van der Waals surface area contributed by atoms with E-state index < -0.39 is 0 Å². The minimum absolute atomic E-state index is 0.0301. The van der Waals surface area contributed by atoms with Gasteiger partial charge in [-0.2, -0.15) is 4.98 Å². The molecule has 1 saturated heterocycles. The molecule has 1 fully saturated rings. The van der Waals surface area contributed by atoms with Crippen LogP contribution in [0.4, 0.5) is 5.95 Å². The zero-order valence-electron chi connectivity index (χ0n) is 11.0. The van der Waals surface area contributed by atoms with Crippen LogP contribution in [-0.2, 0) is 4.79 Å². The van der Waals surface area contributed by atoms with Gasteiger partial charge in [0.1, 0.15) is 6.33 Å². The summed E-state index contributed by atoms with van der Waals surface area (Å²) in [6.45, 7) is 8.28. The Kier molecular flexibility index (Phi) is 3.79. The lowest BCUT2D eigenvalue weighted by atomic mass is 9.88. The predicted octanol–water partition coefficient (Wildman–Crippen LogP) is 2.50. The van der Waals surface area contributed by atoms with E-state index in [-0.39, 0.29) is 11.8 Å². The van der Waals surface area contributed by atoms with E-state index in [1.807, 2.05) is 0 Å². The maximum absolute atomic E-state index is 12.4. The molecule has 2 atom stereocenters. The number of hydrogen-bond donors (Lipinski definition) is 1. The Morgan fingerprint density at radius 3 is 3.06 bits per heavy atom. The lowest BCUT2D eigenvalue weighted by Gasteiger charge is -2.17. The molecule has 0 aromatic carbocycles. The molecule has 5 nitrogen and oxygen atoms in total. The maximum Gasteiger partial charge on any atom is 0.255 e. The van der Waals surface area contributed by atoms with Gasteiger partial charge in [-0.1, -0.05) is 33.3 Å². The molecule has 0 aliphatic carbocycles. The number of unbranched alkanes of at least 4 members (excludes halogenated alkanes) is 1. The van der Waals surface area contributed by atoms with Crippen molar-refractivity contribution in [3.8, 4) is 0 Å². The zero-order valence-corrected chi connectivity index (χ0v) is 11.0. The Balaban J connectivity index is 2.09. The SMILES string of the molecule is C=C1CC(C(C)CCCC)C(=O)N1c1nc[nH]n1. The molecule has 1 aromatic rings. The molecule has 18 heavy (non-hydrogen) atoms. The van der Waals surface area contributed by atoms with Crippen LogP contribution in [0.5, 0.6) is 0 Å². The Labute approximate surface area is 107 Å². The molecular weight excluding hydrogens is 228 g/mol. The summed E-state index contributed by atoms with van der Waals surface area (Å²) >= 11 is 0. The van der Waals surface area contributed by atoms with Crippen LogP contribution < -0.4 is 4.90 Å². The Morgan fingerprint density at radius 2 is 2.44 bits per heavy atom. The number of nitrogens with zero attached hydrogens (tertiary/aromatic N) is 3. The molecule has 1 aliphatic rings. The van der Waals surface area contributed by atoms with Crippen LogP contribution >= 0.6 is 0 Å². The minimum Gasteiger partial charge on any atom is -0.274 e. The number of amides is 1. The second kappa shape index (κ2) is 5.33. The summed E-state index contributed by atoms with van der Waals surface area (Å²) in [4.78, 5) is 18.0. The van der Waals surface area contributed by atoms with Gasteiger partial charge in [-0.25, -0.2) is 0 Å². The van der Waals surface area contributed by atoms with Crippen LogP contribution in [0.3, 0.4) is 0 Å². The summed E-state index contributed by atoms with van der Waals surface area (Å²) in [6.07, 6.45) is 5.61. The van der Waals surface area contributed by atoms with Gasteiger partial charge in [0, 0.05) is 11.6 Å². The second-order valence-corrected chi connectivity index (χ2v) is 4.97. The van der Waals surface area contributed by atoms with Crippen molar-refractivity contribution in [2.45, 2.75) is 39.5 Å². The molecule has 5 heteroatoms. The highest BCUT2D eigenvalue weighted by atomic mass is 16.2. The maximum atomic E-state index is 12.4. The first-order valence-electron chi connectivity index (χ1n) is 6.52. The van der Waals surface area contributed by atoms with Gasteiger partial charge in [0.15, 0.2) is 0 Å². The molecule has 1 aromatic heterocycles. The minimum atomic E-state index is 0.0301. The number of aromatic nitrogens is 3. The van der Waals surface area contributed by atoms with Crippen LogP contribution in [0.25, 0.3) is 0 Å². The quantitative estimate of drug-likeness (QED) is 0.870. The highest BCUT2D eigenvalue weighted by Crippen LogP contribution is 2.35. The highest BCUT2D eigenvalue weighted by Gasteiger charge is 2.39. The van der Waals surface area contributed by atoms with Gasteiger partial charge in [-0.3, -0.25) is 14.8 Å². The number of H-pyrrole nitrogens is 1. The fourth-order valence-corrected chi connectivity index (χ4v) is 2.48. The van der Waals surface area contributed by atoms with Crippen LogP contribution in [-0.4, -0.2) is 21.1 Å². The Bertz CT molecular complexity index is 426. The molecule has 2 heterocycles. The molecule has 1 N–H and O–H groups in total. The third-order valence-electron chi connectivity index (χ3n) is 3.61. The normalized spacial score (nSPS) is 21.7. The molecule has 0 bridgehead atoms. The summed E-state index contributed by atoms with van der Waals surface area (Å²) in [5.41, 5.74) is 0.799. The van der Waals surface area contributed by atoms with Gasteiger partial charge in [0.05, 0.1) is 0 Å². The number of nitrogens with one attached hydrogen (secondary N) is 1. The van der Waals surface area contributed by atoms with Gasteiger partial charge >= 0.3 is 0 Å². The summed E-state index contributed by atoms with van der Waals surface area (Å²) in [5.74, 6) is 0.916. The summed E-state index contributed by atoms with van der Waals surface area (Å²) in [5, 5.41) is 6.59. The third kappa shape index (κ3) is 2.30. The third-order valence-corrected chi connectivity index (χ3v) is 3.61. The van der Waals surface area contributed by atoms with E-state index >= 15 is 0 Å². The van der Waals surface area contributed by atoms with Crippen molar-refractivity contribution in [2.75, 3.05) is 4.90 Å². The lowest BCUT2D eigenvalue weighted by molar-refractivity contribution is -0.121. The highest BCUT2D eigenvalue weighted by molar-refractivity contribution is 5.99. The van der Waals surface area contributed by atoms with Crippen molar-refractivity contribution in [1.82, 2.24) is 15.2 Å². The van der Waals surface area contributed by atoms with Gasteiger partial charge in [-0.05, 0) is 18.8 Å². The molecule has 1 amide bonds. The first-order valence-corrected chi connectivity index (χ1v) is 6.52. The Hall–Kier alpha value is -1.65. The van der Waals surface area contributed by atoms with E-state index in [1.165, 1.54) is 6.33 Å². The number of rotatable bonds is 5. The standard InChI is InChI=1S/C13H20N4O/c1-4-5-6-9(2)11-7-10(3)17(12(11)18)13-14-8-15-16-13/h8-9,11H,3-7H2,1-2H3,(H,14,15,16). The monoisotopic (exact) mass is 248 g/mol. The molecule has 2 unspecified atom stereocenters. The molecule has 0 saturated carbocycles. The average molecular weight is 248 g/mol. The predicted molar refractivity (Wildman–Crippen MR) is 69.8 cm³/mol. The van der Waals surface area contributed by atoms with Crippen molar-refractivity contribution < 1.29 is 4.79 Å². The number of carbonyl (C=O) groups is 1. The molecule has 0 radical (unpaired) electrons. The molecular formula is C13H20N4O. The van der Waals surface area contributed by atoms with Crippen molar-refractivity contribution in [2.24, 2.45) is 11.8 Å². The van der Waals surface area contributed by atoms with E-state index in [4.69, 9.17) is 0 Å². The number of allylic oxidation sites excluding steroid dienone is 1. The van der Waals surface area contributed by atoms with E-state index in [0.717, 1.165) is 31.4 Å². The first kappa shape index (κ1) is 12.8. The lowest BCUT2D eigenvalue weighted by Crippen LogP contribution is -2.29. The zero-order chi connectivity index (χ0) is 13.1. The smallest absolute Gasteiger partial charge is 0.255 e. The van der Waals surface area contributed by atoms with Gasteiger partial charge in [0.2, 0.25) is 5.91 Å². The van der Waals surface area contributed by atoms with E-state index in [0.29, 0.717) is 11.9 Å². The van der Waals surface area contributed by atoms with Crippen LogP contribution in [0.2, 0.25) is 0 Å². The molecule has 0 spiro atoms. The Morgan fingerprint density at radius 1 is 1.67 bits per heavy atom. The summed E-state index contributed by atoms with van der Waals surface area (Å²) in [6, 6.07) is 0. The number of carbonyl (C=O) groups excluding carboxylic acids is 1. The van der Waals surface area contributed by atoms with Gasteiger partial charge < -0.3 is 0 Å². The topological polar surface area (TPSA) is 61.9 Å². The molecule has 2 rings (SSSR count). The van der Waals surface area contributed by atoms with Crippen molar-refractivity contribution in [3.05, 3.63) is 18.6 Å². The number of hydrogen-bond acceptors (Lipinski definition) is 3. The second-order valence-electron chi connectivity index (χ2n) is 4.97.